The maximum absolute atomic E-state index is 12.1. The average Bonchev–Trinajstić information content (AvgIpc) is 2.67. The quantitative estimate of drug-likeness (QED) is 0.818. The van der Waals surface area contributed by atoms with Crippen molar-refractivity contribution in [2.24, 2.45) is 0 Å². The summed E-state index contributed by atoms with van der Waals surface area (Å²) in [5.41, 5.74) is 0. The number of quaternary nitrogens is 1. The van der Waals surface area contributed by atoms with Crippen LogP contribution in [0.3, 0.4) is 0 Å². The highest BCUT2D eigenvalue weighted by Crippen LogP contribution is 2.27. The van der Waals surface area contributed by atoms with Gasteiger partial charge < -0.3 is 5.32 Å². The lowest BCUT2D eigenvalue weighted by Crippen LogP contribution is -2.89. The number of thiophene rings is 1. The predicted octanol–water partition coefficient (Wildman–Crippen LogP) is -0.0308. The molecular formula is C8H12ClN2O2S2+. The summed E-state index contributed by atoms with van der Waals surface area (Å²) >= 11 is 6.85. The summed E-state index contributed by atoms with van der Waals surface area (Å²) in [7, 11) is -3.29. The van der Waals surface area contributed by atoms with Gasteiger partial charge in [0.25, 0.3) is 10.0 Å². The molecule has 15 heavy (non-hydrogen) atoms. The summed E-state index contributed by atoms with van der Waals surface area (Å²) in [6, 6.07) is 3.19. The van der Waals surface area contributed by atoms with E-state index in [1.807, 2.05) is 0 Å². The van der Waals surface area contributed by atoms with Crippen molar-refractivity contribution < 1.29 is 13.7 Å². The molecule has 4 nitrogen and oxygen atoms in total. The summed E-state index contributed by atoms with van der Waals surface area (Å²) in [6.45, 7) is 2.83. The number of halogens is 1. The first-order valence-corrected chi connectivity index (χ1v) is 7.31. The topological polar surface area (TPSA) is 54.0 Å². The number of hydrogen-bond donors (Lipinski definition) is 1. The molecule has 0 amide bonds. The van der Waals surface area contributed by atoms with Crippen LogP contribution in [0.4, 0.5) is 0 Å². The molecule has 2 heterocycles. The van der Waals surface area contributed by atoms with Crippen LogP contribution in [0.25, 0.3) is 0 Å². The third kappa shape index (κ3) is 2.34. The summed E-state index contributed by atoms with van der Waals surface area (Å²) in [6.07, 6.45) is 0. The van der Waals surface area contributed by atoms with E-state index >= 15 is 0 Å². The largest absolute Gasteiger partial charge is 0.344 e. The van der Waals surface area contributed by atoms with Gasteiger partial charge in [-0.3, -0.25) is 0 Å². The molecule has 0 spiro atoms. The smallest absolute Gasteiger partial charge is 0.253 e. The van der Waals surface area contributed by atoms with E-state index in [2.05, 4.69) is 5.32 Å². The maximum Gasteiger partial charge on any atom is 0.253 e. The van der Waals surface area contributed by atoms with Crippen molar-refractivity contribution in [3.63, 3.8) is 0 Å². The van der Waals surface area contributed by atoms with Crippen molar-refractivity contribution in [3.8, 4) is 0 Å². The lowest BCUT2D eigenvalue weighted by Gasteiger charge is -2.23. The van der Waals surface area contributed by atoms with Gasteiger partial charge in [-0.05, 0) is 12.1 Å². The molecule has 2 N–H and O–H groups in total. The fourth-order valence-corrected chi connectivity index (χ4v) is 4.64. The standard InChI is InChI=1S/C8H11ClN2O2S2/c9-7-1-2-8(14-7)15(12,13)11-5-3-10-4-6-11/h1-2,10H,3-6H2/p+1. The van der Waals surface area contributed by atoms with Crippen LogP contribution in [0.2, 0.25) is 4.34 Å². The van der Waals surface area contributed by atoms with E-state index < -0.39 is 10.0 Å². The predicted molar refractivity (Wildman–Crippen MR) is 59.7 cm³/mol. The van der Waals surface area contributed by atoms with E-state index in [1.54, 1.807) is 12.1 Å². The maximum atomic E-state index is 12.1. The Balaban J connectivity index is 2.26. The monoisotopic (exact) mass is 267 g/mol. The Kier molecular flexibility index (Phi) is 3.32. The van der Waals surface area contributed by atoms with Crippen molar-refractivity contribution in [1.29, 1.82) is 0 Å². The molecule has 2 rings (SSSR count). The number of piperazine rings is 1. The highest BCUT2D eigenvalue weighted by atomic mass is 35.5. The first kappa shape index (κ1) is 11.3. The third-order valence-corrected chi connectivity index (χ3v) is 5.91. The van der Waals surface area contributed by atoms with Crippen LogP contribution < -0.4 is 5.32 Å². The molecule has 0 aromatic carbocycles. The fraction of sp³-hybridized carbons (Fsp3) is 0.500. The molecule has 0 atom stereocenters. The van der Waals surface area contributed by atoms with E-state index in [1.165, 1.54) is 4.31 Å². The third-order valence-electron chi connectivity index (χ3n) is 2.31. The van der Waals surface area contributed by atoms with Crippen molar-refractivity contribution in [1.82, 2.24) is 4.31 Å². The van der Waals surface area contributed by atoms with Gasteiger partial charge in [0.15, 0.2) is 0 Å². The minimum Gasteiger partial charge on any atom is -0.344 e. The molecule has 0 saturated carbocycles. The van der Waals surface area contributed by atoms with Crippen LogP contribution in [-0.2, 0) is 10.0 Å². The van der Waals surface area contributed by atoms with Crippen LogP contribution in [0.5, 0.6) is 0 Å². The van der Waals surface area contributed by atoms with E-state index in [0.29, 0.717) is 21.6 Å². The molecule has 0 radical (unpaired) electrons. The van der Waals surface area contributed by atoms with E-state index in [-0.39, 0.29) is 0 Å². The Bertz CT molecular complexity index is 437. The molecule has 1 fully saturated rings. The highest BCUT2D eigenvalue weighted by Gasteiger charge is 2.28. The van der Waals surface area contributed by atoms with Crippen LogP contribution in [0.15, 0.2) is 16.3 Å². The number of nitrogens with zero attached hydrogens (tertiary/aromatic N) is 1. The molecule has 7 heteroatoms. The molecule has 1 aromatic rings. The second kappa shape index (κ2) is 4.39. The summed E-state index contributed by atoms with van der Waals surface area (Å²) < 4.78 is 26.5. The minimum absolute atomic E-state index is 0.342. The van der Waals surface area contributed by atoms with Gasteiger partial charge in [-0.1, -0.05) is 11.6 Å². The van der Waals surface area contributed by atoms with Gasteiger partial charge in [-0.15, -0.1) is 11.3 Å². The molecule has 84 valence electrons. The zero-order chi connectivity index (χ0) is 10.9. The Morgan fingerprint density at radius 1 is 1.33 bits per heavy atom. The van der Waals surface area contributed by atoms with Gasteiger partial charge in [0.05, 0.1) is 30.5 Å². The first-order valence-electron chi connectivity index (χ1n) is 4.68. The molecule has 0 unspecified atom stereocenters. The molecule has 0 bridgehead atoms. The van der Waals surface area contributed by atoms with Gasteiger partial charge >= 0.3 is 0 Å². The van der Waals surface area contributed by atoms with Crippen LogP contribution in [0.1, 0.15) is 0 Å². The van der Waals surface area contributed by atoms with Crippen LogP contribution in [0, 0.1) is 0 Å². The Labute approximate surface area is 97.9 Å². The van der Waals surface area contributed by atoms with Crippen molar-refractivity contribution in [3.05, 3.63) is 16.5 Å². The molecule has 1 aromatic heterocycles. The lowest BCUT2D eigenvalue weighted by atomic mass is 10.4. The van der Waals surface area contributed by atoms with Gasteiger partial charge in [-0.25, -0.2) is 8.42 Å². The fourth-order valence-electron chi connectivity index (χ4n) is 1.53. The highest BCUT2D eigenvalue weighted by molar-refractivity contribution is 7.91. The molecule has 1 saturated heterocycles. The van der Waals surface area contributed by atoms with Gasteiger partial charge in [0, 0.05) is 0 Å². The second-order valence-corrected chi connectivity index (χ2v) is 7.21. The Hall–Kier alpha value is -0.140. The molecular weight excluding hydrogens is 256 g/mol. The number of hydrogen-bond acceptors (Lipinski definition) is 3. The zero-order valence-electron chi connectivity index (χ0n) is 8.02. The van der Waals surface area contributed by atoms with Crippen molar-refractivity contribution >= 4 is 33.0 Å². The van der Waals surface area contributed by atoms with E-state index in [4.69, 9.17) is 11.6 Å². The SMILES string of the molecule is O=S(=O)(c1ccc(Cl)s1)N1CC[NH2+]CC1. The number of sulfonamides is 1. The van der Waals surface area contributed by atoms with Gasteiger partial charge in [0.1, 0.15) is 4.21 Å². The summed E-state index contributed by atoms with van der Waals surface area (Å²) in [4.78, 5) is 0. The van der Waals surface area contributed by atoms with E-state index in [9.17, 15) is 8.42 Å². The van der Waals surface area contributed by atoms with Gasteiger partial charge in [-0.2, -0.15) is 4.31 Å². The molecule has 1 aliphatic rings. The van der Waals surface area contributed by atoms with Crippen LogP contribution >= 0.6 is 22.9 Å². The van der Waals surface area contributed by atoms with Crippen molar-refractivity contribution in [2.75, 3.05) is 26.2 Å². The van der Waals surface area contributed by atoms with Crippen molar-refractivity contribution in [2.45, 2.75) is 4.21 Å². The van der Waals surface area contributed by atoms with E-state index in [0.717, 1.165) is 24.4 Å². The summed E-state index contributed by atoms with van der Waals surface area (Å²) in [5, 5.41) is 2.12. The zero-order valence-corrected chi connectivity index (χ0v) is 10.4. The second-order valence-electron chi connectivity index (χ2n) is 3.33. The number of nitrogens with two attached hydrogens (primary N) is 1. The first-order chi connectivity index (χ1) is 7.10. The number of rotatable bonds is 2. The van der Waals surface area contributed by atoms with Gasteiger partial charge in [0.2, 0.25) is 0 Å². The molecule has 1 aliphatic heterocycles. The Morgan fingerprint density at radius 3 is 2.53 bits per heavy atom. The molecule has 0 aliphatic carbocycles. The van der Waals surface area contributed by atoms with Crippen LogP contribution in [-0.4, -0.2) is 38.9 Å². The lowest BCUT2D eigenvalue weighted by molar-refractivity contribution is -0.661. The normalized spacial score (nSPS) is 19.3. The summed E-state index contributed by atoms with van der Waals surface area (Å²) in [5.74, 6) is 0. The average molecular weight is 268 g/mol. The Morgan fingerprint density at radius 2 is 2.00 bits per heavy atom. The minimum atomic E-state index is -3.29.